The molecule has 1 unspecified atom stereocenters. The van der Waals surface area contributed by atoms with Gasteiger partial charge in [0.1, 0.15) is 11.7 Å². The van der Waals surface area contributed by atoms with Crippen LogP contribution in [-0.4, -0.2) is 56.7 Å². The van der Waals surface area contributed by atoms with Crippen LogP contribution in [0.15, 0.2) is 32.9 Å². The zero-order valence-electron chi connectivity index (χ0n) is 19.2. The molecule has 0 aliphatic carbocycles. The second-order valence-electron chi connectivity index (χ2n) is 6.69. The summed E-state index contributed by atoms with van der Waals surface area (Å²) in [6.45, 7) is 1.45. The third-order valence-electron chi connectivity index (χ3n) is 4.04. The van der Waals surface area contributed by atoms with Gasteiger partial charge in [-0.3, -0.25) is 9.59 Å². The fourth-order valence-corrected chi connectivity index (χ4v) is 4.38. The minimum atomic E-state index is -1.20. The lowest BCUT2D eigenvalue weighted by Gasteiger charge is -2.09. The summed E-state index contributed by atoms with van der Waals surface area (Å²) < 4.78 is 0.801. The summed E-state index contributed by atoms with van der Waals surface area (Å²) in [7, 11) is 0. The molecular formula is C19H30N8O6S2. The first-order valence-electron chi connectivity index (χ1n) is 9.94. The number of hydrogen-bond acceptors (Lipinski definition) is 13. The largest absolute Gasteiger partial charge is 0.480 e. The number of carbonyl (C=O) groups excluding carboxylic acids is 1. The fraction of sp³-hybridized carbons (Fsp3) is 0.421. The molecule has 0 aliphatic heterocycles. The molecule has 0 fully saturated rings. The minimum absolute atomic E-state index is 0. The molecule has 0 aliphatic rings. The van der Waals surface area contributed by atoms with E-state index >= 15 is 0 Å². The summed E-state index contributed by atoms with van der Waals surface area (Å²) >= 11 is 2.98. The third kappa shape index (κ3) is 11.2. The van der Waals surface area contributed by atoms with Crippen molar-refractivity contribution < 1.29 is 29.4 Å². The SMILES string of the molecule is CCCCSc1nnc(-c2ccc(NC(=O)CCC(N)C(=O)O)cc2N=NOCC(=O)O)s1.N.N. The van der Waals surface area contributed by atoms with E-state index in [9.17, 15) is 14.4 Å². The first-order valence-corrected chi connectivity index (χ1v) is 11.7. The molecule has 35 heavy (non-hydrogen) atoms. The lowest BCUT2D eigenvalue weighted by molar-refractivity contribution is -0.142. The van der Waals surface area contributed by atoms with Gasteiger partial charge >= 0.3 is 11.9 Å². The second kappa shape index (κ2) is 16.4. The van der Waals surface area contributed by atoms with Crippen LogP contribution in [0.1, 0.15) is 32.6 Å². The van der Waals surface area contributed by atoms with Crippen LogP contribution < -0.4 is 23.4 Å². The first kappa shape index (κ1) is 31.8. The number of carbonyl (C=O) groups is 3. The molecule has 0 radical (unpaired) electrons. The highest BCUT2D eigenvalue weighted by Crippen LogP contribution is 2.37. The first-order chi connectivity index (χ1) is 15.8. The van der Waals surface area contributed by atoms with Crippen LogP contribution >= 0.6 is 23.1 Å². The number of anilines is 1. The average Bonchev–Trinajstić information content (AvgIpc) is 3.24. The maximum atomic E-state index is 12.1. The second-order valence-corrected chi connectivity index (χ2v) is 9.01. The van der Waals surface area contributed by atoms with E-state index in [0.717, 1.165) is 22.9 Å². The summed E-state index contributed by atoms with van der Waals surface area (Å²) in [6.07, 6.45) is 2.04. The van der Waals surface area contributed by atoms with Crippen LogP contribution in [0.5, 0.6) is 0 Å². The predicted octanol–water partition coefficient (Wildman–Crippen LogP) is 3.65. The maximum Gasteiger partial charge on any atom is 0.344 e. The molecule has 1 aromatic carbocycles. The lowest BCUT2D eigenvalue weighted by atomic mass is 10.1. The van der Waals surface area contributed by atoms with Gasteiger partial charge in [0, 0.05) is 28.7 Å². The number of nitrogens with zero attached hydrogens (tertiary/aromatic N) is 4. The highest BCUT2D eigenvalue weighted by Gasteiger charge is 2.16. The van der Waals surface area contributed by atoms with E-state index in [2.05, 4.69) is 37.7 Å². The van der Waals surface area contributed by atoms with E-state index in [1.54, 1.807) is 23.9 Å². The van der Waals surface area contributed by atoms with Crippen LogP contribution in [0.4, 0.5) is 11.4 Å². The number of nitrogens with two attached hydrogens (primary N) is 1. The molecule has 2 aromatic rings. The molecule has 0 bridgehead atoms. The quantitative estimate of drug-likeness (QED) is 0.0884. The lowest BCUT2D eigenvalue weighted by Crippen LogP contribution is -2.31. The number of benzene rings is 1. The Kier molecular flexibility index (Phi) is 15.0. The minimum Gasteiger partial charge on any atom is -0.480 e. The van der Waals surface area contributed by atoms with E-state index in [0.29, 0.717) is 16.3 Å². The van der Waals surface area contributed by atoms with Crippen molar-refractivity contribution >= 4 is 52.3 Å². The number of carboxylic acids is 2. The Labute approximate surface area is 209 Å². The predicted molar refractivity (Wildman–Crippen MR) is 133 cm³/mol. The fourth-order valence-electron chi connectivity index (χ4n) is 2.34. The Bertz CT molecular complexity index is 1000. The van der Waals surface area contributed by atoms with Crippen LogP contribution in [0.2, 0.25) is 0 Å². The van der Waals surface area contributed by atoms with Crippen molar-refractivity contribution in [2.24, 2.45) is 16.1 Å². The van der Waals surface area contributed by atoms with Gasteiger partial charge in [-0.15, -0.1) is 15.3 Å². The molecule has 0 spiro atoms. The Balaban J connectivity index is 0.00000578. The van der Waals surface area contributed by atoms with Crippen LogP contribution in [0, 0.1) is 0 Å². The number of unbranched alkanes of at least 4 members (excludes halogenated alkanes) is 1. The van der Waals surface area contributed by atoms with Crippen LogP contribution in [0.3, 0.4) is 0 Å². The van der Waals surface area contributed by atoms with E-state index in [4.69, 9.17) is 15.9 Å². The molecule has 1 atom stereocenters. The Morgan fingerprint density at radius 3 is 2.66 bits per heavy atom. The molecule has 16 heteroatoms. The Morgan fingerprint density at radius 1 is 1.26 bits per heavy atom. The van der Waals surface area contributed by atoms with Crippen molar-refractivity contribution in [3.8, 4) is 10.6 Å². The number of thioether (sulfide) groups is 1. The summed E-state index contributed by atoms with van der Waals surface area (Å²) in [5.41, 5.74) is 6.65. The highest BCUT2D eigenvalue weighted by atomic mass is 32.2. The van der Waals surface area contributed by atoms with Gasteiger partial charge in [-0.2, -0.15) is 0 Å². The van der Waals surface area contributed by atoms with Gasteiger partial charge < -0.3 is 38.4 Å². The van der Waals surface area contributed by atoms with Crippen molar-refractivity contribution in [3.63, 3.8) is 0 Å². The summed E-state index contributed by atoms with van der Waals surface area (Å²) in [4.78, 5) is 38.2. The van der Waals surface area contributed by atoms with Gasteiger partial charge in [0.05, 0.1) is 0 Å². The Hall–Kier alpha value is -3.18. The molecule has 0 saturated heterocycles. The summed E-state index contributed by atoms with van der Waals surface area (Å²) in [5.74, 6) is -1.87. The molecule has 11 N–H and O–H groups in total. The molecule has 1 aromatic heterocycles. The van der Waals surface area contributed by atoms with Crippen molar-refractivity contribution in [3.05, 3.63) is 18.2 Å². The van der Waals surface area contributed by atoms with Gasteiger partial charge in [0.15, 0.2) is 9.35 Å². The van der Waals surface area contributed by atoms with Crippen molar-refractivity contribution in [2.45, 2.75) is 43.0 Å². The van der Waals surface area contributed by atoms with Crippen LogP contribution in [-0.2, 0) is 19.2 Å². The van der Waals surface area contributed by atoms with E-state index in [1.165, 1.54) is 17.4 Å². The summed E-state index contributed by atoms with van der Waals surface area (Å²) in [5, 5.41) is 36.4. The van der Waals surface area contributed by atoms with Crippen molar-refractivity contribution in [1.82, 2.24) is 22.5 Å². The van der Waals surface area contributed by atoms with Crippen molar-refractivity contribution in [2.75, 3.05) is 17.7 Å². The smallest absolute Gasteiger partial charge is 0.344 e. The summed E-state index contributed by atoms with van der Waals surface area (Å²) in [6, 6.07) is 3.69. The zero-order chi connectivity index (χ0) is 24.2. The Morgan fingerprint density at radius 2 is 2.00 bits per heavy atom. The van der Waals surface area contributed by atoms with E-state index in [1.807, 2.05) is 0 Å². The average molecular weight is 531 g/mol. The molecule has 14 nitrogen and oxygen atoms in total. The number of aromatic nitrogens is 2. The molecule has 1 amide bonds. The molecule has 0 saturated carbocycles. The molecule has 2 rings (SSSR count). The third-order valence-corrected chi connectivity index (χ3v) is 6.21. The number of nitrogens with one attached hydrogen (secondary N) is 1. The van der Waals surface area contributed by atoms with E-state index in [-0.39, 0.29) is 30.8 Å². The zero-order valence-corrected chi connectivity index (χ0v) is 20.8. The number of aliphatic carboxylic acids is 2. The van der Waals surface area contributed by atoms with Gasteiger partial charge in [-0.25, -0.2) is 4.79 Å². The molecule has 1 heterocycles. The monoisotopic (exact) mass is 530 g/mol. The van der Waals surface area contributed by atoms with Gasteiger partial charge in [0.2, 0.25) is 12.5 Å². The number of carboxylic acid groups (broad SMARTS) is 2. The van der Waals surface area contributed by atoms with Gasteiger partial charge in [0.25, 0.3) is 0 Å². The molecule has 194 valence electrons. The molecular weight excluding hydrogens is 500 g/mol. The van der Waals surface area contributed by atoms with E-state index < -0.39 is 30.5 Å². The number of rotatable bonds is 14. The standard InChI is InChI=1S/C19H24N6O6S2.2H3N/c1-2-3-8-32-19-24-23-17(33-19)12-5-4-11(9-14(12)22-25-31-10-16(27)28)21-15(26)7-6-13(20)18(29)30;;/h4-5,9,13H,2-3,6-8,10,20H2,1H3,(H,21,26)(H,27,28)(H,29,30);2*1H3. The van der Waals surface area contributed by atoms with Gasteiger partial charge in [-0.05, 0) is 31.0 Å². The van der Waals surface area contributed by atoms with Crippen molar-refractivity contribution in [1.29, 1.82) is 0 Å². The van der Waals surface area contributed by atoms with Crippen LogP contribution in [0.25, 0.3) is 10.6 Å². The topological polar surface area (TPSA) is 259 Å². The van der Waals surface area contributed by atoms with Gasteiger partial charge in [-0.1, -0.05) is 36.4 Å². The highest BCUT2D eigenvalue weighted by molar-refractivity contribution is 8.01. The normalized spacial score (nSPS) is 11.3. The maximum absolute atomic E-state index is 12.1. The number of hydrogen-bond donors (Lipinski definition) is 6. The number of amides is 1.